The Kier molecular flexibility index (Phi) is 5.57. The number of sulfonamides is 1. The van der Waals surface area contributed by atoms with E-state index in [0.717, 1.165) is 5.56 Å². The molecule has 1 N–H and O–H groups in total. The first-order chi connectivity index (χ1) is 12.9. The first-order valence-corrected chi connectivity index (χ1v) is 10.1. The van der Waals surface area contributed by atoms with Gasteiger partial charge in [-0.05, 0) is 29.8 Å². The Balaban J connectivity index is 1.61. The molecule has 0 spiro atoms. The molecule has 27 heavy (non-hydrogen) atoms. The van der Waals surface area contributed by atoms with Gasteiger partial charge in [0.15, 0.2) is 0 Å². The maximum Gasteiger partial charge on any atom is 0.335 e. The van der Waals surface area contributed by atoms with Gasteiger partial charge in [0.1, 0.15) is 0 Å². The van der Waals surface area contributed by atoms with Crippen LogP contribution in [-0.2, 0) is 15.8 Å². The number of rotatable bonds is 5. The molecule has 0 saturated carbocycles. The van der Waals surface area contributed by atoms with Crippen LogP contribution in [0.2, 0.25) is 0 Å². The van der Waals surface area contributed by atoms with Gasteiger partial charge < -0.3 is 10.0 Å². The van der Waals surface area contributed by atoms with Crippen molar-refractivity contribution in [3.05, 3.63) is 71.3 Å². The highest BCUT2D eigenvalue weighted by atomic mass is 32.2. The molecule has 2 aromatic rings. The second-order valence-electron chi connectivity index (χ2n) is 6.32. The third-order valence-corrected chi connectivity index (χ3v) is 6.34. The molecular formula is C19H20N2O5S. The third-order valence-electron chi connectivity index (χ3n) is 4.49. The van der Waals surface area contributed by atoms with Crippen molar-refractivity contribution in [3.63, 3.8) is 0 Å². The molecule has 0 aromatic heterocycles. The first kappa shape index (κ1) is 19.1. The number of nitrogens with zero attached hydrogens (tertiary/aromatic N) is 2. The summed E-state index contributed by atoms with van der Waals surface area (Å²) in [6, 6.07) is 14.7. The fourth-order valence-electron chi connectivity index (χ4n) is 2.98. The van der Waals surface area contributed by atoms with Gasteiger partial charge in [-0.2, -0.15) is 4.31 Å². The van der Waals surface area contributed by atoms with E-state index in [0.29, 0.717) is 18.7 Å². The fourth-order valence-corrected chi connectivity index (χ4v) is 4.50. The molecule has 7 nitrogen and oxygen atoms in total. The molecule has 0 bridgehead atoms. The van der Waals surface area contributed by atoms with Crippen LogP contribution in [-0.4, -0.2) is 60.8 Å². The molecular weight excluding hydrogens is 368 g/mol. The highest BCUT2D eigenvalue weighted by Gasteiger charge is 2.29. The second-order valence-corrected chi connectivity index (χ2v) is 8.28. The van der Waals surface area contributed by atoms with Gasteiger partial charge in [-0.1, -0.05) is 30.3 Å². The van der Waals surface area contributed by atoms with Gasteiger partial charge in [0, 0.05) is 31.7 Å². The van der Waals surface area contributed by atoms with E-state index >= 15 is 0 Å². The number of carbonyl (C=O) groups is 2. The Bertz CT molecular complexity index is 918. The van der Waals surface area contributed by atoms with E-state index in [1.807, 2.05) is 6.07 Å². The Hall–Kier alpha value is -2.71. The lowest BCUT2D eigenvalue weighted by Crippen LogP contribution is -2.50. The first-order valence-electron chi connectivity index (χ1n) is 8.51. The molecule has 8 heteroatoms. The summed E-state index contributed by atoms with van der Waals surface area (Å²) >= 11 is 0. The minimum Gasteiger partial charge on any atom is -0.478 e. The highest BCUT2D eigenvalue weighted by molar-refractivity contribution is 7.88. The van der Waals surface area contributed by atoms with E-state index in [9.17, 15) is 18.0 Å². The van der Waals surface area contributed by atoms with Gasteiger partial charge in [0.2, 0.25) is 10.0 Å². The maximum absolute atomic E-state index is 12.6. The topological polar surface area (TPSA) is 95.0 Å². The smallest absolute Gasteiger partial charge is 0.335 e. The summed E-state index contributed by atoms with van der Waals surface area (Å²) < 4.78 is 26.6. The van der Waals surface area contributed by atoms with E-state index in [1.54, 1.807) is 29.2 Å². The standard InChI is InChI=1S/C19H20N2O5S/c22-18(16-6-8-17(9-7-16)19(23)24)20-10-12-21(13-11-20)27(25,26)14-15-4-2-1-3-5-15/h1-9H,10-14H2,(H,23,24). The monoisotopic (exact) mass is 388 g/mol. The van der Waals surface area contributed by atoms with Crippen LogP contribution in [0.1, 0.15) is 26.3 Å². The minimum atomic E-state index is -3.44. The molecule has 0 atom stereocenters. The number of carboxylic acids is 1. The predicted molar refractivity (Wildman–Crippen MR) is 99.9 cm³/mol. The molecule has 0 aliphatic carbocycles. The number of piperazine rings is 1. The van der Waals surface area contributed by atoms with E-state index in [2.05, 4.69) is 0 Å². The molecule has 142 valence electrons. The molecule has 1 fully saturated rings. The van der Waals surface area contributed by atoms with Crippen molar-refractivity contribution >= 4 is 21.9 Å². The lowest BCUT2D eigenvalue weighted by molar-refractivity contribution is 0.0684. The molecule has 2 aromatic carbocycles. The van der Waals surface area contributed by atoms with Crippen LogP contribution in [0.5, 0.6) is 0 Å². The summed E-state index contributed by atoms with van der Waals surface area (Å²) in [5.41, 5.74) is 1.23. The fraction of sp³-hybridized carbons (Fsp3) is 0.263. The molecule has 1 amide bonds. The third kappa shape index (κ3) is 4.53. The average molecular weight is 388 g/mol. The zero-order valence-electron chi connectivity index (χ0n) is 14.6. The van der Waals surface area contributed by atoms with Gasteiger partial charge in [-0.15, -0.1) is 0 Å². The van der Waals surface area contributed by atoms with Crippen LogP contribution in [0.3, 0.4) is 0 Å². The zero-order valence-corrected chi connectivity index (χ0v) is 15.4. The molecule has 3 rings (SSSR count). The van der Waals surface area contributed by atoms with Gasteiger partial charge in [-0.3, -0.25) is 4.79 Å². The normalized spacial score (nSPS) is 15.5. The predicted octanol–water partition coefficient (Wildman–Crippen LogP) is 1.67. The molecule has 1 saturated heterocycles. The molecule has 0 unspecified atom stereocenters. The largest absolute Gasteiger partial charge is 0.478 e. The molecule has 1 aliphatic heterocycles. The molecule has 1 aliphatic rings. The Morgan fingerprint density at radius 1 is 0.852 bits per heavy atom. The second kappa shape index (κ2) is 7.89. The summed E-state index contributed by atoms with van der Waals surface area (Å²) in [4.78, 5) is 25.0. The van der Waals surface area contributed by atoms with Crippen molar-refractivity contribution in [1.82, 2.24) is 9.21 Å². The van der Waals surface area contributed by atoms with Crippen LogP contribution >= 0.6 is 0 Å². The van der Waals surface area contributed by atoms with Gasteiger partial charge in [0.05, 0.1) is 11.3 Å². The minimum absolute atomic E-state index is 0.0571. The Morgan fingerprint density at radius 2 is 1.41 bits per heavy atom. The summed E-state index contributed by atoms with van der Waals surface area (Å²) in [6.45, 7) is 1.09. The van der Waals surface area contributed by atoms with Crippen molar-refractivity contribution < 1.29 is 23.1 Å². The van der Waals surface area contributed by atoms with Gasteiger partial charge in [0.25, 0.3) is 5.91 Å². The highest BCUT2D eigenvalue weighted by Crippen LogP contribution is 2.15. The molecule has 0 radical (unpaired) electrons. The van der Waals surface area contributed by atoms with Crippen LogP contribution in [0.15, 0.2) is 54.6 Å². The van der Waals surface area contributed by atoms with Crippen LogP contribution in [0.4, 0.5) is 0 Å². The number of benzene rings is 2. The van der Waals surface area contributed by atoms with E-state index < -0.39 is 16.0 Å². The number of amides is 1. The number of carbonyl (C=O) groups excluding carboxylic acids is 1. The maximum atomic E-state index is 12.6. The summed E-state index contributed by atoms with van der Waals surface area (Å²) in [7, 11) is -3.44. The summed E-state index contributed by atoms with van der Waals surface area (Å²) in [5.74, 6) is -1.34. The van der Waals surface area contributed by atoms with Crippen molar-refractivity contribution in [2.75, 3.05) is 26.2 Å². The number of aromatic carboxylic acids is 1. The molecule has 1 heterocycles. The lowest BCUT2D eigenvalue weighted by Gasteiger charge is -2.34. The van der Waals surface area contributed by atoms with E-state index in [-0.39, 0.29) is 30.3 Å². The zero-order chi connectivity index (χ0) is 19.4. The Labute approximate surface area is 157 Å². The SMILES string of the molecule is O=C(O)c1ccc(C(=O)N2CCN(S(=O)(=O)Cc3ccccc3)CC2)cc1. The number of carboxylic acid groups (broad SMARTS) is 1. The van der Waals surface area contributed by atoms with Crippen molar-refractivity contribution in [3.8, 4) is 0 Å². The quantitative estimate of drug-likeness (QED) is 0.841. The van der Waals surface area contributed by atoms with Crippen molar-refractivity contribution in [2.45, 2.75) is 5.75 Å². The van der Waals surface area contributed by atoms with Gasteiger partial charge >= 0.3 is 5.97 Å². The number of hydrogen-bond donors (Lipinski definition) is 1. The van der Waals surface area contributed by atoms with Gasteiger partial charge in [-0.25, -0.2) is 13.2 Å². The van der Waals surface area contributed by atoms with E-state index in [1.165, 1.54) is 28.6 Å². The van der Waals surface area contributed by atoms with E-state index in [4.69, 9.17) is 5.11 Å². The van der Waals surface area contributed by atoms with Crippen molar-refractivity contribution in [2.24, 2.45) is 0 Å². The number of hydrogen-bond acceptors (Lipinski definition) is 4. The van der Waals surface area contributed by atoms with Crippen LogP contribution in [0.25, 0.3) is 0 Å². The lowest BCUT2D eigenvalue weighted by atomic mass is 10.1. The summed E-state index contributed by atoms with van der Waals surface area (Å²) in [5, 5.41) is 8.92. The van der Waals surface area contributed by atoms with Crippen molar-refractivity contribution in [1.29, 1.82) is 0 Å². The summed E-state index contributed by atoms with van der Waals surface area (Å²) in [6.07, 6.45) is 0. The Morgan fingerprint density at radius 3 is 1.96 bits per heavy atom. The van der Waals surface area contributed by atoms with Crippen LogP contribution in [0, 0.1) is 0 Å². The van der Waals surface area contributed by atoms with Crippen LogP contribution < -0.4 is 0 Å². The average Bonchev–Trinajstić information content (AvgIpc) is 2.68.